The van der Waals surface area contributed by atoms with Crippen LogP contribution in [0.1, 0.15) is 16.7 Å². The van der Waals surface area contributed by atoms with Gasteiger partial charge in [-0.3, -0.25) is 4.98 Å². The highest BCUT2D eigenvalue weighted by atomic mass is 19.4. The monoisotopic (exact) mass is 284 g/mol. The highest BCUT2D eigenvalue weighted by molar-refractivity contribution is 5.30. The fraction of sp³-hybridized carbons (Fsp3) is 0.214. The minimum absolute atomic E-state index is 0.0114. The summed E-state index contributed by atoms with van der Waals surface area (Å²) in [7, 11) is 0. The molecule has 0 unspecified atom stereocenters. The summed E-state index contributed by atoms with van der Waals surface area (Å²) in [5.41, 5.74) is -0.0108. The van der Waals surface area contributed by atoms with Gasteiger partial charge in [-0.1, -0.05) is 6.07 Å². The smallest absolute Gasteiger partial charge is 0.309 e. The normalized spacial score (nSPS) is 11.6. The maximum Gasteiger partial charge on any atom is 0.416 e. The fourth-order valence-electron chi connectivity index (χ4n) is 1.81. The van der Waals surface area contributed by atoms with Gasteiger partial charge in [0.2, 0.25) is 0 Å². The molecule has 0 amide bonds. The molecule has 0 atom stereocenters. The summed E-state index contributed by atoms with van der Waals surface area (Å²) in [6, 6.07) is 6.23. The number of alkyl halides is 3. The number of pyridine rings is 1. The van der Waals surface area contributed by atoms with Crippen LogP contribution in [-0.2, 0) is 19.3 Å². The Bertz CT molecular complexity index is 567. The first-order chi connectivity index (χ1) is 9.47. The number of nitrogens with one attached hydrogen (secondary N) is 1. The number of hydrogen-bond acceptors (Lipinski definition) is 2. The van der Waals surface area contributed by atoms with Gasteiger partial charge in [-0.2, -0.15) is 13.2 Å². The molecule has 1 N–H and O–H groups in total. The highest BCUT2D eigenvalue weighted by Crippen LogP contribution is 2.32. The third kappa shape index (κ3) is 3.77. The van der Waals surface area contributed by atoms with Gasteiger partial charge >= 0.3 is 6.18 Å². The van der Waals surface area contributed by atoms with Crippen LogP contribution in [0, 0.1) is 5.82 Å². The lowest BCUT2D eigenvalue weighted by molar-refractivity contribution is -0.138. The van der Waals surface area contributed by atoms with Gasteiger partial charge in [-0.15, -0.1) is 0 Å². The van der Waals surface area contributed by atoms with Crippen LogP contribution in [0.25, 0.3) is 0 Å². The molecule has 1 heterocycles. The summed E-state index contributed by atoms with van der Waals surface area (Å²) in [6.45, 7) is 0.425. The number of benzene rings is 1. The quantitative estimate of drug-likeness (QED) is 0.869. The summed E-state index contributed by atoms with van der Waals surface area (Å²) < 4.78 is 51.3. The molecule has 20 heavy (non-hydrogen) atoms. The van der Waals surface area contributed by atoms with E-state index >= 15 is 0 Å². The third-order valence-corrected chi connectivity index (χ3v) is 2.77. The van der Waals surface area contributed by atoms with Crippen LogP contribution < -0.4 is 5.32 Å². The SMILES string of the molecule is Fc1ccc(CNCc2ccncc2)c(C(F)(F)F)c1. The van der Waals surface area contributed by atoms with Crippen molar-refractivity contribution < 1.29 is 17.6 Å². The zero-order chi connectivity index (χ0) is 14.6. The van der Waals surface area contributed by atoms with Crippen LogP contribution in [-0.4, -0.2) is 4.98 Å². The molecule has 0 radical (unpaired) electrons. The zero-order valence-electron chi connectivity index (χ0n) is 10.4. The Hall–Kier alpha value is -1.95. The van der Waals surface area contributed by atoms with E-state index in [0.717, 1.165) is 17.7 Å². The molecule has 6 heteroatoms. The predicted molar refractivity (Wildman–Crippen MR) is 66.2 cm³/mol. The molecule has 0 saturated heterocycles. The number of aromatic nitrogens is 1. The van der Waals surface area contributed by atoms with Crippen molar-refractivity contribution in [2.75, 3.05) is 0 Å². The molecule has 0 aliphatic heterocycles. The lowest BCUT2D eigenvalue weighted by atomic mass is 10.1. The van der Waals surface area contributed by atoms with E-state index in [1.807, 2.05) is 0 Å². The van der Waals surface area contributed by atoms with E-state index in [1.54, 1.807) is 24.5 Å². The molecule has 1 aromatic heterocycles. The van der Waals surface area contributed by atoms with E-state index in [2.05, 4.69) is 10.3 Å². The van der Waals surface area contributed by atoms with Crippen molar-refractivity contribution in [1.29, 1.82) is 0 Å². The van der Waals surface area contributed by atoms with Crippen molar-refractivity contribution in [3.8, 4) is 0 Å². The molecule has 0 aliphatic rings. The molecule has 1 aromatic carbocycles. The standard InChI is InChI=1S/C14H12F4N2/c15-12-2-1-11(13(7-12)14(16,17)18)9-20-8-10-3-5-19-6-4-10/h1-7,20H,8-9H2. The summed E-state index contributed by atoms with van der Waals surface area (Å²) in [5, 5.41) is 2.90. The molecule has 0 aliphatic carbocycles. The molecule has 2 rings (SSSR count). The van der Waals surface area contributed by atoms with Crippen molar-refractivity contribution >= 4 is 0 Å². The van der Waals surface area contributed by atoms with Crippen molar-refractivity contribution in [1.82, 2.24) is 10.3 Å². The lowest BCUT2D eigenvalue weighted by Crippen LogP contribution is -2.17. The molecule has 0 bridgehead atoms. The molecule has 0 saturated carbocycles. The Balaban J connectivity index is 2.06. The first-order valence-electron chi connectivity index (χ1n) is 5.92. The largest absolute Gasteiger partial charge is 0.416 e. The molecular formula is C14H12F4N2. The van der Waals surface area contributed by atoms with Crippen molar-refractivity contribution in [3.63, 3.8) is 0 Å². The van der Waals surface area contributed by atoms with Gasteiger partial charge in [0.05, 0.1) is 5.56 Å². The maximum atomic E-state index is 12.9. The number of hydrogen-bond donors (Lipinski definition) is 1. The predicted octanol–water partition coefficient (Wildman–Crippen LogP) is 3.53. The lowest BCUT2D eigenvalue weighted by Gasteiger charge is -2.13. The average Bonchev–Trinajstić information content (AvgIpc) is 2.40. The van der Waals surface area contributed by atoms with Gasteiger partial charge < -0.3 is 5.32 Å². The van der Waals surface area contributed by atoms with E-state index < -0.39 is 17.6 Å². The van der Waals surface area contributed by atoms with Crippen LogP contribution >= 0.6 is 0 Å². The van der Waals surface area contributed by atoms with Gasteiger partial charge in [0.1, 0.15) is 5.82 Å². The minimum Gasteiger partial charge on any atom is -0.309 e. The van der Waals surface area contributed by atoms with Gasteiger partial charge in [0.25, 0.3) is 0 Å². The molecule has 2 nitrogen and oxygen atoms in total. The Labute approximate surface area is 113 Å². The van der Waals surface area contributed by atoms with Crippen LogP contribution in [0.5, 0.6) is 0 Å². The molecule has 2 aromatic rings. The van der Waals surface area contributed by atoms with E-state index in [0.29, 0.717) is 12.6 Å². The first-order valence-corrected chi connectivity index (χ1v) is 5.92. The fourth-order valence-corrected chi connectivity index (χ4v) is 1.81. The third-order valence-electron chi connectivity index (χ3n) is 2.77. The van der Waals surface area contributed by atoms with Gasteiger partial charge in [0, 0.05) is 25.5 Å². The molecule has 0 spiro atoms. The maximum absolute atomic E-state index is 12.9. The summed E-state index contributed by atoms with van der Waals surface area (Å²) in [4.78, 5) is 3.85. The topological polar surface area (TPSA) is 24.9 Å². The Morgan fingerprint density at radius 3 is 2.35 bits per heavy atom. The zero-order valence-corrected chi connectivity index (χ0v) is 10.4. The van der Waals surface area contributed by atoms with Crippen LogP contribution in [0.4, 0.5) is 17.6 Å². The Morgan fingerprint density at radius 2 is 1.70 bits per heavy atom. The highest BCUT2D eigenvalue weighted by Gasteiger charge is 2.33. The van der Waals surface area contributed by atoms with Gasteiger partial charge in [-0.25, -0.2) is 4.39 Å². The summed E-state index contributed by atoms with van der Waals surface area (Å²) >= 11 is 0. The second-order valence-corrected chi connectivity index (χ2v) is 4.26. The minimum atomic E-state index is -4.56. The van der Waals surface area contributed by atoms with Crippen molar-refractivity contribution in [2.24, 2.45) is 0 Å². The van der Waals surface area contributed by atoms with E-state index in [4.69, 9.17) is 0 Å². The van der Waals surface area contributed by atoms with Crippen molar-refractivity contribution in [3.05, 3.63) is 65.2 Å². The van der Waals surface area contributed by atoms with E-state index in [9.17, 15) is 17.6 Å². The first kappa shape index (κ1) is 14.5. The number of nitrogens with zero attached hydrogens (tertiary/aromatic N) is 1. The van der Waals surface area contributed by atoms with Crippen LogP contribution in [0.3, 0.4) is 0 Å². The number of rotatable bonds is 4. The average molecular weight is 284 g/mol. The Morgan fingerprint density at radius 1 is 1.00 bits per heavy atom. The molecule has 106 valence electrons. The van der Waals surface area contributed by atoms with Crippen LogP contribution in [0.2, 0.25) is 0 Å². The second-order valence-electron chi connectivity index (χ2n) is 4.26. The van der Waals surface area contributed by atoms with Gasteiger partial charge in [0.15, 0.2) is 0 Å². The van der Waals surface area contributed by atoms with Crippen molar-refractivity contribution in [2.45, 2.75) is 19.3 Å². The summed E-state index contributed by atoms with van der Waals surface area (Å²) in [5.74, 6) is -0.893. The van der Waals surface area contributed by atoms with Crippen LogP contribution in [0.15, 0.2) is 42.7 Å². The van der Waals surface area contributed by atoms with E-state index in [1.165, 1.54) is 0 Å². The van der Waals surface area contributed by atoms with E-state index in [-0.39, 0.29) is 12.1 Å². The second kappa shape index (κ2) is 6.00. The summed E-state index contributed by atoms with van der Waals surface area (Å²) in [6.07, 6.45) is -1.35. The van der Waals surface area contributed by atoms with Gasteiger partial charge in [-0.05, 0) is 35.4 Å². The number of halogens is 4. The molecule has 0 fully saturated rings. The Kier molecular flexibility index (Phi) is 4.34. The molecular weight excluding hydrogens is 272 g/mol.